The molecular formula is C20H26N2O2S2. The summed E-state index contributed by atoms with van der Waals surface area (Å²) in [5, 5.41) is 4.09. The predicted octanol–water partition coefficient (Wildman–Crippen LogP) is 4.19. The first kappa shape index (κ1) is 19.3. The molecule has 1 saturated heterocycles. The minimum Gasteiger partial charge on any atom is -0.378 e. The van der Waals surface area contributed by atoms with Crippen LogP contribution < -0.4 is 4.90 Å². The van der Waals surface area contributed by atoms with E-state index >= 15 is 0 Å². The number of nitrogens with zero attached hydrogens (tertiary/aromatic N) is 2. The second-order valence-corrected chi connectivity index (χ2v) is 10.1. The highest BCUT2D eigenvalue weighted by Crippen LogP contribution is 2.25. The zero-order chi connectivity index (χ0) is 18.7. The molecule has 1 unspecified atom stereocenters. The SMILES string of the molecule is Cc1cc(N2CCOCC2)ccc1C(=NS(=O)C(C)(C)C)c1ccsc1. The summed E-state index contributed by atoms with van der Waals surface area (Å²) >= 11 is 1.63. The number of benzene rings is 1. The van der Waals surface area contributed by atoms with E-state index in [0.29, 0.717) is 0 Å². The third kappa shape index (κ3) is 4.42. The van der Waals surface area contributed by atoms with Gasteiger partial charge in [-0.05, 0) is 56.8 Å². The van der Waals surface area contributed by atoms with Gasteiger partial charge >= 0.3 is 0 Å². The van der Waals surface area contributed by atoms with E-state index < -0.39 is 11.0 Å². The molecule has 1 aromatic heterocycles. The smallest absolute Gasteiger partial charge is 0.145 e. The number of hydrogen-bond donors (Lipinski definition) is 0. The Hall–Kier alpha value is -1.50. The summed E-state index contributed by atoms with van der Waals surface area (Å²) in [5.41, 5.74) is 5.22. The minimum absolute atomic E-state index is 0.386. The van der Waals surface area contributed by atoms with Crippen LogP contribution in [0.25, 0.3) is 0 Å². The van der Waals surface area contributed by atoms with Crippen molar-refractivity contribution >= 4 is 33.7 Å². The van der Waals surface area contributed by atoms with E-state index in [9.17, 15) is 4.21 Å². The van der Waals surface area contributed by atoms with Crippen molar-refractivity contribution in [3.63, 3.8) is 0 Å². The van der Waals surface area contributed by atoms with Crippen LogP contribution in [0.15, 0.2) is 39.4 Å². The van der Waals surface area contributed by atoms with Gasteiger partial charge in [-0.2, -0.15) is 15.7 Å². The first-order valence-corrected chi connectivity index (χ1v) is 10.9. The molecule has 2 aromatic rings. The van der Waals surface area contributed by atoms with Crippen LogP contribution in [-0.4, -0.2) is 41.0 Å². The third-order valence-corrected chi connectivity index (χ3v) is 6.41. The molecule has 0 N–H and O–H groups in total. The van der Waals surface area contributed by atoms with Gasteiger partial charge in [0.15, 0.2) is 0 Å². The Morgan fingerprint density at radius 2 is 1.96 bits per heavy atom. The molecule has 2 heterocycles. The molecule has 0 aliphatic carbocycles. The molecule has 0 saturated carbocycles. The maximum absolute atomic E-state index is 12.7. The lowest BCUT2D eigenvalue weighted by Gasteiger charge is -2.29. The molecule has 26 heavy (non-hydrogen) atoms. The number of hydrogen-bond acceptors (Lipinski definition) is 4. The molecule has 0 bridgehead atoms. The second-order valence-electron chi connectivity index (χ2n) is 7.41. The summed E-state index contributed by atoms with van der Waals surface area (Å²) in [4.78, 5) is 2.34. The maximum atomic E-state index is 12.7. The van der Waals surface area contributed by atoms with Crippen molar-refractivity contribution in [2.45, 2.75) is 32.4 Å². The average Bonchev–Trinajstić information content (AvgIpc) is 3.14. The zero-order valence-corrected chi connectivity index (χ0v) is 17.5. The number of thiophene rings is 1. The van der Waals surface area contributed by atoms with Gasteiger partial charge in [0, 0.05) is 35.3 Å². The topological polar surface area (TPSA) is 41.9 Å². The van der Waals surface area contributed by atoms with Crippen molar-refractivity contribution in [1.82, 2.24) is 0 Å². The molecule has 140 valence electrons. The molecule has 1 aliphatic heterocycles. The van der Waals surface area contributed by atoms with Gasteiger partial charge in [0.2, 0.25) is 0 Å². The normalized spacial score (nSPS) is 17.4. The number of aryl methyl sites for hydroxylation is 1. The lowest BCUT2D eigenvalue weighted by Crippen LogP contribution is -2.36. The van der Waals surface area contributed by atoms with E-state index in [2.05, 4.69) is 39.8 Å². The van der Waals surface area contributed by atoms with Crippen LogP contribution in [0.4, 0.5) is 5.69 Å². The van der Waals surface area contributed by atoms with Crippen molar-refractivity contribution in [3.05, 3.63) is 51.7 Å². The summed E-state index contributed by atoms with van der Waals surface area (Å²) < 4.78 is 22.4. The van der Waals surface area contributed by atoms with Crippen LogP contribution in [-0.2, 0) is 15.7 Å². The molecule has 1 aromatic carbocycles. The van der Waals surface area contributed by atoms with Gasteiger partial charge in [-0.1, -0.05) is 6.07 Å². The monoisotopic (exact) mass is 390 g/mol. The molecule has 0 radical (unpaired) electrons. The summed E-state index contributed by atoms with van der Waals surface area (Å²) in [6.07, 6.45) is 0. The highest BCUT2D eigenvalue weighted by molar-refractivity contribution is 7.85. The Bertz CT molecular complexity index is 802. The Morgan fingerprint density at radius 3 is 2.54 bits per heavy atom. The van der Waals surface area contributed by atoms with E-state index in [1.165, 1.54) is 5.69 Å². The van der Waals surface area contributed by atoms with Crippen molar-refractivity contribution < 1.29 is 8.95 Å². The van der Waals surface area contributed by atoms with E-state index in [4.69, 9.17) is 4.74 Å². The molecule has 1 fully saturated rings. The fourth-order valence-electron chi connectivity index (χ4n) is 2.81. The standard InChI is InChI=1S/C20H26N2O2S2/c1-15-13-17(22-8-10-24-11-9-22)5-6-18(15)19(16-7-12-25-14-16)21-26(23)20(2,3)4/h5-7,12-14H,8-11H2,1-4H3. The van der Waals surface area contributed by atoms with Gasteiger partial charge in [-0.15, -0.1) is 0 Å². The fraction of sp³-hybridized carbons (Fsp3) is 0.450. The van der Waals surface area contributed by atoms with Crippen LogP contribution in [0, 0.1) is 6.92 Å². The minimum atomic E-state index is -1.30. The molecule has 0 spiro atoms. The van der Waals surface area contributed by atoms with Gasteiger partial charge in [0.25, 0.3) is 0 Å². The summed E-state index contributed by atoms with van der Waals surface area (Å²) in [6, 6.07) is 8.48. The molecule has 4 nitrogen and oxygen atoms in total. The number of anilines is 1. The molecule has 3 rings (SSSR count). The van der Waals surface area contributed by atoms with E-state index in [-0.39, 0.29) is 4.75 Å². The molecule has 0 amide bonds. The van der Waals surface area contributed by atoms with Crippen LogP contribution in [0.5, 0.6) is 0 Å². The highest BCUT2D eigenvalue weighted by Gasteiger charge is 2.22. The maximum Gasteiger partial charge on any atom is 0.145 e. The first-order valence-electron chi connectivity index (χ1n) is 8.83. The van der Waals surface area contributed by atoms with Gasteiger partial charge in [-0.25, -0.2) is 4.21 Å². The van der Waals surface area contributed by atoms with Gasteiger partial charge < -0.3 is 9.64 Å². The van der Waals surface area contributed by atoms with E-state index in [1.807, 2.05) is 32.2 Å². The highest BCUT2D eigenvalue weighted by atomic mass is 32.2. The van der Waals surface area contributed by atoms with Crippen molar-refractivity contribution in [2.24, 2.45) is 4.40 Å². The largest absolute Gasteiger partial charge is 0.378 e. The Kier molecular flexibility index (Phi) is 5.95. The third-order valence-electron chi connectivity index (χ3n) is 4.33. The van der Waals surface area contributed by atoms with Crippen LogP contribution >= 0.6 is 11.3 Å². The average molecular weight is 391 g/mol. The lowest BCUT2D eigenvalue weighted by molar-refractivity contribution is 0.122. The molecule has 1 aliphatic rings. The number of rotatable bonds is 4. The Morgan fingerprint density at radius 1 is 1.23 bits per heavy atom. The fourth-order valence-corrected chi connectivity index (χ4v) is 4.09. The Balaban J connectivity index is 1.99. The lowest BCUT2D eigenvalue weighted by atomic mass is 9.99. The zero-order valence-electron chi connectivity index (χ0n) is 15.8. The number of ether oxygens (including phenoxy) is 1. The van der Waals surface area contributed by atoms with Crippen molar-refractivity contribution in [3.8, 4) is 0 Å². The summed E-state index contributed by atoms with van der Waals surface area (Å²) in [5.74, 6) is 0. The predicted molar refractivity (Wildman–Crippen MR) is 112 cm³/mol. The molecule has 1 atom stereocenters. The van der Waals surface area contributed by atoms with E-state index in [0.717, 1.165) is 48.7 Å². The molecular weight excluding hydrogens is 364 g/mol. The van der Waals surface area contributed by atoms with Gasteiger partial charge in [0.05, 0.1) is 23.7 Å². The van der Waals surface area contributed by atoms with Gasteiger partial charge in [0.1, 0.15) is 11.0 Å². The molecule has 6 heteroatoms. The van der Waals surface area contributed by atoms with E-state index in [1.54, 1.807) is 11.3 Å². The van der Waals surface area contributed by atoms with Crippen molar-refractivity contribution in [1.29, 1.82) is 0 Å². The summed E-state index contributed by atoms with van der Waals surface area (Å²) in [6.45, 7) is 11.3. The Labute approximate surface area is 162 Å². The second kappa shape index (κ2) is 8.03. The van der Waals surface area contributed by atoms with Crippen LogP contribution in [0.2, 0.25) is 0 Å². The van der Waals surface area contributed by atoms with Gasteiger partial charge in [-0.3, -0.25) is 0 Å². The summed E-state index contributed by atoms with van der Waals surface area (Å²) in [7, 11) is -1.30. The van der Waals surface area contributed by atoms with Crippen molar-refractivity contribution in [2.75, 3.05) is 31.2 Å². The van der Waals surface area contributed by atoms with Crippen LogP contribution in [0.1, 0.15) is 37.5 Å². The van der Waals surface area contributed by atoms with Crippen LogP contribution in [0.3, 0.4) is 0 Å². The number of morpholine rings is 1. The first-order chi connectivity index (χ1) is 12.4. The quantitative estimate of drug-likeness (QED) is 0.735.